The van der Waals surface area contributed by atoms with Crippen LogP contribution >= 0.6 is 15.9 Å². The molecule has 2 rings (SSSR count). The number of nitrogens with two attached hydrogens (primary N) is 1. The van der Waals surface area contributed by atoms with Crippen LogP contribution in [0.4, 0.5) is 4.39 Å². The van der Waals surface area contributed by atoms with E-state index in [9.17, 15) is 17.6 Å². The molecule has 1 aromatic heterocycles. The molecule has 1 amide bonds. The molecule has 0 bridgehead atoms. The summed E-state index contributed by atoms with van der Waals surface area (Å²) in [6.07, 6.45) is 2.67. The molecule has 0 spiro atoms. The second-order valence-electron chi connectivity index (χ2n) is 4.44. The van der Waals surface area contributed by atoms with E-state index in [1.165, 1.54) is 37.6 Å². The fourth-order valence-corrected chi connectivity index (χ4v) is 2.34. The SMILES string of the molecule is COc1ccc(/C=C/S(=O)(=O)O)cn1.NC(=O)c1ccc(F)cc1Br. The average Bonchev–Trinajstić information content (AvgIpc) is 2.53. The number of amides is 1. The van der Waals surface area contributed by atoms with Gasteiger partial charge in [0.15, 0.2) is 0 Å². The van der Waals surface area contributed by atoms with Crippen molar-refractivity contribution in [2.24, 2.45) is 5.73 Å². The van der Waals surface area contributed by atoms with Crippen molar-refractivity contribution < 1.29 is 26.9 Å². The van der Waals surface area contributed by atoms with Gasteiger partial charge in [-0.15, -0.1) is 0 Å². The second-order valence-corrected chi connectivity index (χ2v) is 6.60. The molecular weight excluding hydrogens is 419 g/mol. The fourth-order valence-electron chi connectivity index (χ4n) is 1.46. The van der Waals surface area contributed by atoms with E-state index in [-0.39, 0.29) is 5.56 Å². The zero-order chi connectivity index (χ0) is 19.0. The maximum atomic E-state index is 12.4. The van der Waals surface area contributed by atoms with Gasteiger partial charge >= 0.3 is 0 Å². The van der Waals surface area contributed by atoms with Crippen molar-refractivity contribution in [1.29, 1.82) is 0 Å². The summed E-state index contributed by atoms with van der Waals surface area (Å²) in [6, 6.07) is 6.92. The van der Waals surface area contributed by atoms with Crippen LogP contribution < -0.4 is 10.5 Å². The Bertz CT molecular complexity index is 870. The summed E-state index contributed by atoms with van der Waals surface area (Å²) in [5, 5.41) is 0.691. The molecule has 0 aliphatic heterocycles. The van der Waals surface area contributed by atoms with Gasteiger partial charge in [0.05, 0.1) is 18.1 Å². The number of benzene rings is 1. The van der Waals surface area contributed by atoms with Crippen LogP contribution in [0.15, 0.2) is 46.4 Å². The summed E-state index contributed by atoms with van der Waals surface area (Å²) in [7, 11) is -2.60. The molecule has 3 N–H and O–H groups in total. The molecule has 1 aromatic carbocycles. The lowest BCUT2D eigenvalue weighted by Gasteiger charge is -1.97. The third kappa shape index (κ3) is 7.88. The normalized spacial score (nSPS) is 10.9. The Morgan fingerprint density at radius 3 is 2.48 bits per heavy atom. The van der Waals surface area contributed by atoms with Gasteiger partial charge < -0.3 is 10.5 Å². The van der Waals surface area contributed by atoms with Crippen molar-refractivity contribution >= 4 is 38.0 Å². The first-order valence-corrected chi connectivity index (χ1v) is 8.82. The van der Waals surface area contributed by atoms with Crippen molar-refractivity contribution in [3.63, 3.8) is 0 Å². The maximum Gasteiger partial charge on any atom is 0.287 e. The van der Waals surface area contributed by atoms with Crippen LogP contribution in [0.3, 0.4) is 0 Å². The Morgan fingerprint density at radius 2 is 2.04 bits per heavy atom. The van der Waals surface area contributed by atoms with Crippen LogP contribution in [0.2, 0.25) is 0 Å². The number of aromatic nitrogens is 1. The van der Waals surface area contributed by atoms with Crippen LogP contribution in [-0.2, 0) is 10.1 Å². The molecular formula is C15H14BrFN2O5S. The number of primary amides is 1. The zero-order valence-electron chi connectivity index (χ0n) is 12.9. The van der Waals surface area contributed by atoms with E-state index in [0.29, 0.717) is 21.3 Å². The van der Waals surface area contributed by atoms with E-state index in [0.717, 1.165) is 0 Å². The maximum absolute atomic E-state index is 12.4. The summed E-state index contributed by atoms with van der Waals surface area (Å²) < 4.78 is 46.7. The van der Waals surface area contributed by atoms with Crippen molar-refractivity contribution in [2.75, 3.05) is 7.11 Å². The molecule has 0 aliphatic rings. The molecule has 134 valence electrons. The Balaban J connectivity index is 0.000000257. The van der Waals surface area contributed by atoms with Gasteiger partial charge in [-0.1, -0.05) is 0 Å². The van der Waals surface area contributed by atoms with Crippen molar-refractivity contribution in [1.82, 2.24) is 4.98 Å². The number of halogens is 2. The highest BCUT2D eigenvalue weighted by molar-refractivity contribution is 9.10. The molecule has 7 nitrogen and oxygen atoms in total. The van der Waals surface area contributed by atoms with Crippen LogP contribution in [0.1, 0.15) is 15.9 Å². The van der Waals surface area contributed by atoms with Gasteiger partial charge in [-0.25, -0.2) is 9.37 Å². The molecule has 0 atom stereocenters. The number of carbonyl (C=O) groups excluding carboxylic acids is 1. The van der Waals surface area contributed by atoms with Crippen LogP contribution in [0, 0.1) is 5.82 Å². The van der Waals surface area contributed by atoms with Gasteiger partial charge in [-0.3, -0.25) is 9.35 Å². The van der Waals surface area contributed by atoms with E-state index >= 15 is 0 Å². The number of hydrogen-bond acceptors (Lipinski definition) is 5. The van der Waals surface area contributed by atoms with Crippen molar-refractivity contribution in [2.45, 2.75) is 0 Å². The summed E-state index contributed by atoms with van der Waals surface area (Å²) in [5.41, 5.74) is 5.82. The third-order valence-electron chi connectivity index (χ3n) is 2.60. The molecule has 1 heterocycles. The average molecular weight is 433 g/mol. The molecule has 0 unspecified atom stereocenters. The summed E-state index contributed by atoms with van der Waals surface area (Å²) in [6.45, 7) is 0. The first kappa shape index (κ1) is 20.7. The predicted molar refractivity (Wildman–Crippen MR) is 94.0 cm³/mol. The quantitative estimate of drug-likeness (QED) is 0.716. The summed E-state index contributed by atoms with van der Waals surface area (Å²) >= 11 is 3.01. The van der Waals surface area contributed by atoms with Gasteiger partial charge in [-0.2, -0.15) is 8.42 Å². The molecule has 25 heavy (non-hydrogen) atoms. The summed E-state index contributed by atoms with van der Waals surface area (Å²) in [4.78, 5) is 14.5. The number of methoxy groups -OCH3 is 1. The van der Waals surface area contributed by atoms with Gasteiger partial charge in [0.1, 0.15) is 5.82 Å². The molecule has 2 aromatic rings. The van der Waals surface area contributed by atoms with E-state index < -0.39 is 21.8 Å². The van der Waals surface area contributed by atoms with Gasteiger partial charge in [0.2, 0.25) is 11.8 Å². The fraction of sp³-hybridized carbons (Fsp3) is 0.0667. The van der Waals surface area contributed by atoms with Gasteiger partial charge in [0.25, 0.3) is 10.1 Å². The second kappa shape index (κ2) is 9.25. The first-order chi connectivity index (χ1) is 11.6. The number of rotatable bonds is 4. The summed E-state index contributed by atoms with van der Waals surface area (Å²) in [5.74, 6) is -0.534. The first-order valence-electron chi connectivity index (χ1n) is 6.53. The van der Waals surface area contributed by atoms with E-state index in [1.807, 2.05) is 0 Å². The minimum atomic E-state index is -4.08. The van der Waals surface area contributed by atoms with Crippen LogP contribution in [0.5, 0.6) is 5.88 Å². The molecule has 0 aliphatic carbocycles. The topological polar surface area (TPSA) is 120 Å². The molecule has 0 saturated heterocycles. The van der Waals surface area contributed by atoms with Crippen LogP contribution in [0.25, 0.3) is 6.08 Å². The minimum Gasteiger partial charge on any atom is -0.481 e. The van der Waals surface area contributed by atoms with Crippen LogP contribution in [-0.4, -0.2) is 31.0 Å². The number of ether oxygens (including phenoxy) is 1. The van der Waals surface area contributed by atoms with Gasteiger partial charge in [0, 0.05) is 16.7 Å². The molecule has 0 radical (unpaired) electrons. The Morgan fingerprint density at radius 1 is 1.36 bits per heavy atom. The Labute approximate surface area is 152 Å². The van der Waals surface area contributed by atoms with Crippen molar-refractivity contribution in [3.05, 3.63) is 63.4 Å². The highest BCUT2D eigenvalue weighted by Crippen LogP contribution is 2.16. The lowest BCUT2D eigenvalue weighted by Crippen LogP contribution is -2.11. The highest BCUT2D eigenvalue weighted by Gasteiger charge is 2.05. The Kier molecular flexibility index (Phi) is 7.68. The van der Waals surface area contributed by atoms with Crippen molar-refractivity contribution in [3.8, 4) is 5.88 Å². The minimum absolute atomic E-state index is 0.284. The largest absolute Gasteiger partial charge is 0.481 e. The van der Waals surface area contributed by atoms with Gasteiger partial charge in [-0.05, 0) is 51.8 Å². The Hall–Kier alpha value is -2.30. The third-order valence-corrected chi connectivity index (χ3v) is 3.73. The lowest BCUT2D eigenvalue weighted by molar-refractivity contribution is 0.0999. The number of nitrogens with zero attached hydrogens (tertiary/aromatic N) is 1. The van der Waals surface area contributed by atoms with E-state index in [4.69, 9.17) is 15.0 Å². The number of pyridine rings is 1. The monoisotopic (exact) mass is 432 g/mol. The van der Waals surface area contributed by atoms with E-state index in [2.05, 4.69) is 20.9 Å². The molecule has 0 saturated carbocycles. The van der Waals surface area contributed by atoms with E-state index in [1.54, 1.807) is 12.1 Å². The smallest absolute Gasteiger partial charge is 0.287 e. The number of hydrogen-bond donors (Lipinski definition) is 2. The molecule has 0 fully saturated rings. The molecule has 10 heteroatoms. The lowest BCUT2D eigenvalue weighted by atomic mass is 10.2. The standard InChI is InChI=1S/C8H9NO4S.C7H5BrFNO/c1-13-8-3-2-7(6-9-8)4-5-14(10,11)12;8-6-3-4(9)1-2-5(6)7(10)11/h2-6H,1H3,(H,10,11,12);1-3H,(H2,10,11)/b5-4+;. The highest BCUT2D eigenvalue weighted by atomic mass is 79.9. The predicted octanol–water partition coefficient (Wildman–Crippen LogP) is 2.64. The zero-order valence-corrected chi connectivity index (χ0v) is 15.3. The number of carbonyl (C=O) groups is 1.